The molecule has 6 heteroatoms. The third kappa shape index (κ3) is 3.82. The molecule has 2 aliphatic heterocycles. The van der Waals surface area contributed by atoms with Crippen molar-refractivity contribution in [3.8, 4) is 0 Å². The molecule has 1 aromatic carbocycles. The lowest BCUT2D eigenvalue weighted by Crippen LogP contribution is -2.51. The second-order valence-corrected chi connectivity index (χ2v) is 6.78. The van der Waals surface area contributed by atoms with Crippen molar-refractivity contribution < 1.29 is 23.7 Å². The number of fused-ring (bicyclic) bond motifs is 1. The van der Waals surface area contributed by atoms with Gasteiger partial charge < -0.3 is 18.9 Å². The van der Waals surface area contributed by atoms with Crippen LogP contribution in [0.2, 0.25) is 0 Å². The van der Waals surface area contributed by atoms with E-state index >= 15 is 0 Å². The molecule has 6 nitrogen and oxygen atoms in total. The van der Waals surface area contributed by atoms with Crippen LogP contribution in [0, 0.1) is 0 Å². The number of carbonyl (C=O) groups excluding carboxylic acids is 1. The molecule has 1 aromatic rings. The van der Waals surface area contributed by atoms with E-state index in [9.17, 15) is 4.79 Å². The first-order chi connectivity index (χ1) is 12.4. The molecule has 0 unspecified atom stereocenters. The first-order valence-corrected chi connectivity index (χ1v) is 8.67. The van der Waals surface area contributed by atoms with E-state index in [1.54, 1.807) is 17.1 Å². The fraction of sp³-hybridized carbons (Fsp3) is 0.450. The van der Waals surface area contributed by atoms with Crippen molar-refractivity contribution in [3.05, 3.63) is 61.2 Å². The number of nitrogens with zero attached hydrogens (tertiary/aromatic N) is 1. The Morgan fingerprint density at radius 1 is 1.27 bits per heavy atom. The molecule has 140 valence electrons. The van der Waals surface area contributed by atoms with E-state index in [-0.39, 0.29) is 6.61 Å². The molecule has 0 spiro atoms. The molecule has 0 aromatic heterocycles. The summed E-state index contributed by atoms with van der Waals surface area (Å²) in [6.45, 7) is 11.7. The monoisotopic (exact) mass is 359 g/mol. The van der Waals surface area contributed by atoms with E-state index in [1.807, 2.05) is 44.2 Å². The van der Waals surface area contributed by atoms with Gasteiger partial charge in [-0.2, -0.15) is 0 Å². The minimum Gasteiger partial charge on any atom is -0.445 e. The third-order valence-electron chi connectivity index (χ3n) is 4.41. The van der Waals surface area contributed by atoms with Crippen molar-refractivity contribution in [2.45, 2.75) is 50.8 Å². The molecule has 0 aliphatic carbocycles. The highest BCUT2D eigenvalue weighted by atomic mass is 16.8. The average Bonchev–Trinajstić information content (AvgIpc) is 3.09. The molecule has 2 fully saturated rings. The van der Waals surface area contributed by atoms with E-state index in [0.717, 1.165) is 5.56 Å². The molecule has 1 amide bonds. The quantitative estimate of drug-likeness (QED) is 0.730. The lowest BCUT2D eigenvalue weighted by molar-refractivity contribution is -0.205. The Labute approximate surface area is 154 Å². The maximum absolute atomic E-state index is 12.8. The van der Waals surface area contributed by atoms with Crippen molar-refractivity contribution in [1.82, 2.24) is 4.90 Å². The third-order valence-corrected chi connectivity index (χ3v) is 4.41. The second-order valence-electron chi connectivity index (χ2n) is 6.78. The number of rotatable bonds is 6. The first kappa shape index (κ1) is 18.6. The molecule has 2 aliphatic rings. The number of carbonyl (C=O) groups is 1. The number of benzene rings is 1. The highest BCUT2D eigenvalue weighted by molar-refractivity contribution is 5.68. The van der Waals surface area contributed by atoms with Crippen molar-refractivity contribution >= 4 is 6.09 Å². The molecule has 0 saturated carbocycles. The van der Waals surface area contributed by atoms with Crippen LogP contribution in [0.25, 0.3) is 0 Å². The summed E-state index contributed by atoms with van der Waals surface area (Å²) in [4.78, 5) is 14.3. The van der Waals surface area contributed by atoms with Crippen LogP contribution in [0.15, 0.2) is 55.6 Å². The summed E-state index contributed by atoms with van der Waals surface area (Å²) >= 11 is 0. The standard InChI is InChI=1S/C20H25NO5/c1-5-12-21(19(22)23-13-14-10-8-7-9-11-14)16-15(6-2)24-18-17(16)25-20(3,4)26-18/h5-11,15-18H,1-2,12-13H2,3-4H3/t15-,16-,17-,18-/m1/s1. The van der Waals surface area contributed by atoms with Crippen molar-refractivity contribution in [2.75, 3.05) is 6.54 Å². The fourth-order valence-electron chi connectivity index (χ4n) is 3.33. The Bertz CT molecular complexity index is 659. The van der Waals surface area contributed by atoms with Crippen LogP contribution in [0.5, 0.6) is 0 Å². The highest BCUT2D eigenvalue weighted by Gasteiger charge is 2.56. The van der Waals surface area contributed by atoms with Gasteiger partial charge in [0, 0.05) is 6.54 Å². The molecule has 0 N–H and O–H groups in total. The largest absolute Gasteiger partial charge is 0.445 e. The minimum absolute atomic E-state index is 0.191. The van der Waals surface area contributed by atoms with E-state index in [0.29, 0.717) is 6.54 Å². The van der Waals surface area contributed by atoms with Gasteiger partial charge in [-0.05, 0) is 19.4 Å². The maximum atomic E-state index is 12.8. The molecule has 0 radical (unpaired) electrons. The van der Waals surface area contributed by atoms with Crippen LogP contribution in [-0.2, 0) is 25.6 Å². The Morgan fingerprint density at radius 2 is 2.00 bits per heavy atom. The van der Waals surface area contributed by atoms with Crippen molar-refractivity contribution in [2.24, 2.45) is 0 Å². The zero-order chi connectivity index (χ0) is 18.7. The van der Waals surface area contributed by atoms with Gasteiger partial charge >= 0.3 is 6.09 Å². The molecule has 4 atom stereocenters. The van der Waals surface area contributed by atoms with Gasteiger partial charge in [-0.3, -0.25) is 4.90 Å². The van der Waals surface area contributed by atoms with Gasteiger partial charge in [0.25, 0.3) is 0 Å². The van der Waals surface area contributed by atoms with Gasteiger partial charge in [0.1, 0.15) is 18.8 Å². The lowest BCUT2D eigenvalue weighted by Gasteiger charge is -2.32. The number of hydrogen-bond acceptors (Lipinski definition) is 5. The van der Waals surface area contributed by atoms with Gasteiger partial charge in [0.05, 0.1) is 6.04 Å². The van der Waals surface area contributed by atoms with E-state index in [4.69, 9.17) is 18.9 Å². The maximum Gasteiger partial charge on any atom is 0.410 e. The fourth-order valence-corrected chi connectivity index (χ4v) is 3.33. The topological polar surface area (TPSA) is 57.2 Å². The van der Waals surface area contributed by atoms with Crippen molar-refractivity contribution in [1.29, 1.82) is 0 Å². The number of ether oxygens (including phenoxy) is 4. The summed E-state index contributed by atoms with van der Waals surface area (Å²) in [7, 11) is 0. The Morgan fingerprint density at radius 3 is 2.65 bits per heavy atom. The molecule has 26 heavy (non-hydrogen) atoms. The van der Waals surface area contributed by atoms with Crippen molar-refractivity contribution in [3.63, 3.8) is 0 Å². The van der Waals surface area contributed by atoms with Crippen LogP contribution < -0.4 is 0 Å². The minimum atomic E-state index is -0.770. The predicted molar refractivity (Wildman–Crippen MR) is 96.2 cm³/mol. The summed E-state index contributed by atoms with van der Waals surface area (Å²) < 4.78 is 23.1. The van der Waals surface area contributed by atoms with E-state index in [2.05, 4.69) is 13.2 Å². The molecule has 2 heterocycles. The van der Waals surface area contributed by atoms with E-state index in [1.165, 1.54) is 0 Å². The molecular formula is C20H25NO5. The zero-order valence-electron chi connectivity index (χ0n) is 15.2. The SMILES string of the molecule is C=CCN(C(=O)OCc1ccccc1)[C@H]1[C@H]2OC(C)(C)O[C@H]2O[C@@H]1C=C. The summed E-state index contributed by atoms with van der Waals surface area (Å²) in [6.07, 6.45) is 1.47. The predicted octanol–water partition coefficient (Wildman–Crippen LogP) is 3.24. The molecule has 3 rings (SSSR count). The number of hydrogen-bond donors (Lipinski definition) is 0. The van der Waals surface area contributed by atoms with Crippen LogP contribution in [0.3, 0.4) is 0 Å². The molecular weight excluding hydrogens is 334 g/mol. The van der Waals surface area contributed by atoms with Crippen LogP contribution >= 0.6 is 0 Å². The second kappa shape index (κ2) is 7.61. The van der Waals surface area contributed by atoms with Gasteiger partial charge in [0.15, 0.2) is 12.1 Å². The molecule has 0 bridgehead atoms. The summed E-state index contributed by atoms with van der Waals surface area (Å²) in [5.41, 5.74) is 0.918. The van der Waals surface area contributed by atoms with Gasteiger partial charge in [-0.1, -0.05) is 42.5 Å². The highest BCUT2D eigenvalue weighted by Crippen LogP contribution is 2.40. The van der Waals surface area contributed by atoms with Gasteiger partial charge in [0.2, 0.25) is 0 Å². The van der Waals surface area contributed by atoms with Crippen LogP contribution in [-0.4, -0.2) is 47.9 Å². The Hall–Kier alpha value is -2.15. The summed E-state index contributed by atoms with van der Waals surface area (Å²) in [5, 5.41) is 0. The normalized spacial score (nSPS) is 29.0. The summed E-state index contributed by atoms with van der Waals surface area (Å²) in [6, 6.07) is 9.13. The zero-order valence-corrected chi connectivity index (χ0v) is 15.2. The van der Waals surface area contributed by atoms with Gasteiger partial charge in [-0.15, -0.1) is 13.2 Å². The lowest BCUT2D eigenvalue weighted by atomic mass is 10.1. The first-order valence-electron chi connectivity index (χ1n) is 8.67. The number of amides is 1. The van der Waals surface area contributed by atoms with Gasteiger partial charge in [-0.25, -0.2) is 4.79 Å². The van der Waals surface area contributed by atoms with E-state index < -0.39 is 36.4 Å². The Balaban J connectivity index is 1.75. The smallest absolute Gasteiger partial charge is 0.410 e. The molecule has 2 saturated heterocycles. The average molecular weight is 359 g/mol. The van der Waals surface area contributed by atoms with Crippen LogP contribution in [0.1, 0.15) is 19.4 Å². The summed E-state index contributed by atoms with van der Waals surface area (Å²) in [5.74, 6) is -0.770. The van der Waals surface area contributed by atoms with Crippen LogP contribution in [0.4, 0.5) is 4.79 Å². The Kier molecular flexibility index (Phi) is 5.46.